The number of nitrogens with zero attached hydrogens (tertiary/aromatic N) is 1. The molecular weight excluding hydrogens is 280 g/mol. The SMILES string of the molecule is O=C(CC1CCCC1)NCc1ccnc(-c2ccsc2)c1. The van der Waals surface area contributed by atoms with Crippen LogP contribution >= 0.6 is 11.3 Å². The van der Waals surface area contributed by atoms with Crippen molar-refractivity contribution in [3.8, 4) is 11.3 Å². The summed E-state index contributed by atoms with van der Waals surface area (Å²) in [6.45, 7) is 0.589. The quantitative estimate of drug-likeness (QED) is 0.906. The minimum Gasteiger partial charge on any atom is -0.352 e. The van der Waals surface area contributed by atoms with Crippen molar-refractivity contribution in [3.63, 3.8) is 0 Å². The van der Waals surface area contributed by atoms with Crippen LogP contribution in [0.2, 0.25) is 0 Å². The van der Waals surface area contributed by atoms with Gasteiger partial charge in [0.2, 0.25) is 5.91 Å². The number of aromatic nitrogens is 1. The molecule has 0 unspecified atom stereocenters. The highest BCUT2D eigenvalue weighted by Gasteiger charge is 2.18. The zero-order chi connectivity index (χ0) is 14.5. The normalized spacial score (nSPS) is 15.2. The Kier molecular flexibility index (Phi) is 4.65. The number of hydrogen-bond acceptors (Lipinski definition) is 3. The minimum atomic E-state index is 0.177. The molecule has 0 aromatic carbocycles. The van der Waals surface area contributed by atoms with E-state index < -0.39 is 0 Å². The molecule has 1 saturated carbocycles. The first-order valence-corrected chi connectivity index (χ1v) is 8.50. The lowest BCUT2D eigenvalue weighted by atomic mass is 10.0. The van der Waals surface area contributed by atoms with Crippen LogP contribution in [-0.2, 0) is 11.3 Å². The second kappa shape index (κ2) is 6.85. The number of carbonyl (C=O) groups excluding carboxylic acids is 1. The lowest BCUT2D eigenvalue weighted by Crippen LogP contribution is -2.24. The van der Waals surface area contributed by atoms with Crippen molar-refractivity contribution < 1.29 is 4.79 Å². The van der Waals surface area contributed by atoms with E-state index in [9.17, 15) is 4.79 Å². The lowest BCUT2D eigenvalue weighted by Gasteiger charge is -2.10. The van der Waals surface area contributed by atoms with Crippen LogP contribution in [0, 0.1) is 5.92 Å². The lowest BCUT2D eigenvalue weighted by molar-refractivity contribution is -0.122. The summed E-state index contributed by atoms with van der Waals surface area (Å²) >= 11 is 1.67. The van der Waals surface area contributed by atoms with E-state index in [4.69, 9.17) is 0 Å². The van der Waals surface area contributed by atoms with Crippen LogP contribution in [0.1, 0.15) is 37.7 Å². The summed E-state index contributed by atoms with van der Waals surface area (Å²) in [5, 5.41) is 7.17. The summed E-state index contributed by atoms with van der Waals surface area (Å²) in [7, 11) is 0. The zero-order valence-corrected chi connectivity index (χ0v) is 12.9. The summed E-state index contributed by atoms with van der Waals surface area (Å²) in [5.41, 5.74) is 3.21. The highest BCUT2D eigenvalue weighted by atomic mass is 32.1. The molecule has 0 aliphatic heterocycles. The highest BCUT2D eigenvalue weighted by molar-refractivity contribution is 7.08. The Bertz CT molecular complexity index is 589. The second-order valence-corrected chi connectivity index (χ2v) is 6.47. The van der Waals surface area contributed by atoms with Crippen molar-refractivity contribution >= 4 is 17.2 Å². The van der Waals surface area contributed by atoms with Crippen LogP contribution in [0.25, 0.3) is 11.3 Å². The molecule has 1 fully saturated rings. The average Bonchev–Trinajstić information content (AvgIpc) is 3.19. The Morgan fingerprint density at radius 3 is 2.95 bits per heavy atom. The molecular formula is C17H20N2OS. The van der Waals surface area contributed by atoms with E-state index in [0.717, 1.165) is 16.8 Å². The molecule has 1 aliphatic rings. The first-order valence-electron chi connectivity index (χ1n) is 7.55. The predicted molar refractivity (Wildman–Crippen MR) is 86.0 cm³/mol. The summed E-state index contributed by atoms with van der Waals surface area (Å²) in [6, 6.07) is 6.08. The number of thiophene rings is 1. The fourth-order valence-electron chi connectivity index (χ4n) is 2.90. The smallest absolute Gasteiger partial charge is 0.220 e. The Labute approximate surface area is 129 Å². The van der Waals surface area contributed by atoms with Gasteiger partial charge in [-0.1, -0.05) is 12.8 Å². The van der Waals surface area contributed by atoms with Crippen LogP contribution in [0.5, 0.6) is 0 Å². The molecule has 3 rings (SSSR count). The van der Waals surface area contributed by atoms with E-state index in [-0.39, 0.29) is 5.91 Å². The molecule has 1 amide bonds. The number of pyridine rings is 1. The van der Waals surface area contributed by atoms with Gasteiger partial charge < -0.3 is 5.32 Å². The molecule has 0 spiro atoms. The van der Waals surface area contributed by atoms with Crippen molar-refractivity contribution in [3.05, 3.63) is 40.7 Å². The molecule has 2 aromatic rings. The van der Waals surface area contributed by atoms with Gasteiger partial charge in [0.05, 0.1) is 5.69 Å². The molecule has 110 valence electrons. The molecule has 4 heteroatoms. The molecule has 2 aromatic heterocycles. The maximum atomic E-state index is 12.0. The summed E-state index contributed by atoms with van der Waals surface area (Å²) in [6.07, 6.45) is 7.49. The monoisotopic (exact) mass is 300 g/mol. The van der Waals surface area contributed by atoms with Crippen molar-refractivity contribution in [1.82, 2.24) is 10.3 Å². The summed E-state index contributed by atoms with van der Waals surface area (Å²) < 4.78 is 0. The summed E-state index contributed by atoms with van der Waals surface area (Å²) in [5.74, 6) is 0.777. The molecule has 1 aliphatic carbocycles. The Morgan fingerprint density at radius 2 is 2.19 bits per heavy atom. The first-order chi connectivity index (χ1) is 10.3. The first kappa shape index (κ1) is 14.3. The summed E-state index contributed by atoms with van der Waals surface area (Å²) in [4.78, 5) is 16.3. The number of nitrogens with one attached hydrogen (secondary N) is 1. The third-order valence-electron chi connectivity index (χ3n) is 4.08. The molecule has 3 nitrogen and oxygen atoms in total. The van der Waals surface area contributed by atoms with Crippen LogP contribution in [-0.4, -0.2) is 10.9 Å². The third kappa shape index (κ3) is 3.91. The third-order valence-corrected chi connectivity index (χ3v) is 4.76. The molecule has 0 radical (unpaired) electrons. The van der Waals surface area contributed by atoms with E-state index in [1.807, 2.05) is 17.6 Å². The van der Waals surface area contributed by atoms with Gasteiger partial charge in [-0.3, -0.25) is 9.78 Å². The van der Waals surface area contributed by atoms with E-state index in [1.54, 1.807) is 11.3 Å². The van der Waals surface area contributed by atoms with Gasteiger partial charge in [0, 0.05) is 30.1 Å². The number of hydrogen-bond donors (Lipinski definition) is 1. The number of amides is 1. The molecule has 0 bridgehead atoms. The fourth-order valence-corrected chi connectivity index (χ4v) is 3.55. The van der Waals surface area contributed by atoms with Gasteiger partial charge in [-0.2, -0.15) is 11.3 Å². The van der Waals surface area contributed by atoms with Crippen molar-refractivity contribution in [1.29, 1.82) is 0 Å². The minimum absolute atomic E-state index is 0.177. The molecule has 0 saturated heterocycles. The van der Waals surface area contributed by atoms with Gasteiger partial charge in [-0.05, 0) is 47.9 Å². The topological polar surface area (TPSA) is 42.0 Å². The standard InChI is InChI=1S/C17H20N2OS/c20-17(10-13-3-1-2-4-13)19-11-14-5-7-18-16(9-14)15-6-8-21-12-15/h5-9,12-13H,1-4,10-11H2,(H,19,20). The van der Waals surface area contributed by atoms with Crippen LogP contribution in [0.15, 0.2) is 35.2 Å². The maximum absolute atomic E-state index is 12.0. The largest absolute Gasteiger partial charge is 0.352 e. The van der Waals surface area contributed by atoms with Crippen LogP contribution in [0.4, 0.5) is 0 Å². The second-order valence-electron chi connectivity index (χ2n) is 5.69. The Morgan fingerprint density at radius 1 is 1.33 bits per heavy atom. The molecule has 1 N–H and O–H groups in total. The highest BCUT2D eigenvalue weighted by Crippen LogP contribution is 2.27. The maximum Gasteiger partial charge on any atom is 0.220 e. The number of carbonyl (C=O) groups is 1. The Hall–Kier alpha value is -1.68. The fraction of sp³-hybridized carbons (Fsp3) is 0.412. The Balaban J connectivity index is 1.55. The van der Waals surface area contributed by atoms with Gasteiger partial charge >= 0.3 is 0 Å². The van der Waals surface area contributed by atoms with E-state index in [1.165, 1.54) is 25.7 Å². The van der Waals surface area contributed by atoms with Gasteiger partial charge in [0.15, 0.2) is 0 Å². The van der Waals surface area contributed by atoms with Gasteiger partial charge in [0.1, 0.15) is 0 Å². The molecule has 21 heavy (non-hydrogen) atoms. The van der Waals surface area contributed by atoms with Crippen LogP contribution in [0.3, 0.4) is 0 Å². The van der Waals surface area contributed by atoms with E-state index in [0.29, 0.717) is 18.9 Å². The van der Waals surface area contributed by atoms with Crippen molar-refractivity contribution in [2.24, 2.45) is 5.92 Å². The van der Waals surface area contributed by atoms with Crippen molar-refractivity contribution in [2.45, 2.75) is 38.6 Å². The predicted octanol–water partition coefficient (Wildman–Crippen LogP) is 4.01. The number of rotatable bonds is 5. The zero-order valence-electron chi connectivity index (χ0n) is 12.0. The van der Waals surface area contributed by atoms with E-state index in [2.05, 4.69) is 27.8 Å². The average molecular weight is 300 g/mol. The molecule has 2 heterocycles. The molecule has 0 atom stereocenters. The van der Waals surface area contributed by atoms with E-state index >= 15 is 0 Å². The van der Waals surface area contributed by atoms with Crippen LogP contribution < -0.4 is 5.32 Å². The van der Waals surface area contributed by atoms with Gasteiger partial charge in [-0.25, -0.2) is 0 Å². The van der Waals surface area contributed by atoms with Crippen molar-refractivity contribution in [2.75, 3.05) is 0 Å². The van der Waals surface area contributed by atoms with Gasteiger partial charge in [-0.15, -0.1) is 0 Å². The van der Waals surface area contributed by atoms with Gasteiger partial charge in [0.25, 0.3) is 0 Å².